The molecule has 0 fully saturated rings. The summed E-state index contributed by atoms with van der Waals surface area (Å²) in [5, 5.41) is 5.16. The predicted molar refractivity (Wildman–Crippen MR) is 80.6 cm³/mol. The molecule has 130 valence electrons. The zero-order valence-electron chi connectivity index (χ0n) is 13.5. The fourth-order valence-electron chi connectivity index (χ4n) is 1.35. The first-order valence-corrected chi connectivity index (χ1v) is 7.42. The summed E-state index contributed by atoms with van der Waals surface area (Å²) < 4.78 is 21.1. The van der Waals surface area contributed by atoms with E-state index in [1.807, 2.05) is 0 Å². The second-order valence-electron chi connectivity index (χ2n) is 4.36. The van der Waals surface area contributed by atoms with E-state index in [4.69, 9.17) is 18.9 Å². The Hall–Kier alpha value is -1.22. The van der Waals surface area contributed by atoms with Crippen molar-refractivity contribution in [2.45, 2.75) is 13.3 Å². The molecule has 2 N–H and O–H groups in total. The van der Waals surface area contributed by atoms with Crippen molar-refractivity contribution in [3.8, 4) is 0 Å². The summed E-state index contributed by atoms with van der Waals surface area (Å²) in [6.07, 6.45) is 0.363. The molecule has 0 rings (SSSR count). The Bertz CT molecular complexity index is 289. The van der Waals surface area contributed by atoms with Crippen molar-refractivity contribution in [1.82, 2.24) is 10.6 Å². The van der Waals surface area contributed by atoms with Gasteiger partial charge in [-0.3, -0.25) is 9.59 Å². The van der Waals surface area contributed by atoms with Crippen LogP contribution in [0.25, 0.3) is 0 Å². The first-order valence-electron chi connectivity index (χ1n) is 7.42. The van der Waals surface area contributed by atoms with Crippen LogP contribution < -0.4 is 10.6 Å². The van der Waals surface area contributed by atoms with Gasteiger partial charge in [-0.25, -0.2) is 0 Å². The quantitative estimate of drug-likeness (QED) is 0.388. The lowest BCUT2D eigenvalue weighted by Crippen LogP contribution is -2.25. The van der Waals surface area contributed by atoms with E-state index < -0.39 is 0 Å². The first-order chi connectivity index (χ1) is 10.7. The maximum atomic E-state index is 10.9. The number of rotatable bonds is 15. The average Bonchev–Trinajstić information content (AvgIpc) is 2.50. The third kappa shape index (κ3) is 16.8. The first kappa shape index (κ1) is 20.8. The van der Waals surface area contributed by atoms with Crippen LogP contribution in [0.3, 0.4) is 0 Å². The van der Waals surface area contributed by atoms with E-state index in [1.165, 1.54) is 6.92 Å². The molecule has 0 spiro atoms. The van der Waals surface area contributed by atoms with Crippen LogP contribution in [0.4, 0.5) is 0 Å². The molecule has 2 amide bonds. The van der Waals surface area contributed by atoms with Gasteiger partial charge in [-0.2, -0.15) is 0 Å². The Morgan fingerprint density at radius 1 is 0.773 bits per heavy atom. The highest BCUT2D eigenvalue weighted by molar-refractivity contribution is 5.75. The summed E-state index contributed by atoms with van der Waals surface area (Å²) in [5.74, 6) is -0.0942. The monoisotopic (exact) mass is 320 g/mol. The highest BCUT2D eigenvalue weighted by Crippen LogP contribution is 1.85. The second-order valence-corrected chi connectivity index (χ2v) is 4.36. The molecule has 0 aromatic rings. The van der Waals surface area contributed by atoms with Gasteiger partial charge in [0.15, 0.2) is 0 Å². The third-order valence-electron chi connectivity index (χ3n) is 2.49. The number of hydrogen-bond donors (Lipinski definition) is 2. The Labute approximate surface area is 131 Å². The van der Waals surface area contributed by atoms with Crippen molar-refractivity contribution in [3.05, 3.63) is 0 Å². The Kier molecular flexibility index (Phi) is 15.3. The number of carbonyl (C=O) groups excluding carboxylic acids is 2. The maximum absolute atomic E-state index is 10.9. The summed E-state index contributed by atoms with van der Waals surface area (Å²) in [4.78, 5) is 21.5. The molecule has 0 atom stereocenters. The van der Waals surface area contributed by atoms with Gasteiger partial charge in [-0.15, -0.1) is 0 Å². The number of carbonyl (C=O) groups is 2. The normalized spacial score (nSPS) is 10.5. The maximum Gasteiger partial charge on any atom is 0.222 e. The van der Waals surface area contributed by atoms with Crippen molar-refractivity contribution in [2.24, 2.45) is 0 Å². The van der Waals surface area contributed by atoms with Gasteiger partial charge in [0.1, 0.15) is 0 Å². The zero-order valence-corrected chi connectivity index (χ0v) is 13.5. The molecule has 0 aromatic heterocycles. The van der Waals surface area contributed by atoms with Crippen molar-refractivity contribution in [2.75, 3.05) is 66.4 Å². The minimum Gasteiger partial charge on any atom is -0.379 e. The Morgan fingerprint density at radius 3 is 1.68 bits per heavy atom. The fourth-order valence-corrected chi connectivity index (χ4v) is 1.35. The van der Waals surface area contributed by atoms with E-state index in [0.717, 1.165) is 0 Å². The van der Waals surface area contributed by atoms with Gasteiger partial charge in [0, 0.05) is 26.9 Å². The molecule has 0 aliphatic heterocycles. The van der Waals surface area contributed by atoms with Crippen LogP contribution in [-0.2, 0) is 28.5 Å². The number of hydrogen-bond acceptors (Lipinski definition) is 6. The van der Waals surface area contributed by atoms with Crippen molar-refractivity contribution < 1.29 is 28.5 Å². The second kappa shape index (κ2) is 16.2. The van der Waals surface area contributed by atoms with Gasteiger partial charge in [0.2, 0.25) is 11.8 Å². The summed E-state index contributed by atoms with van der Waals surface area (Å²) in [6.45, 7) is 5.76. The molecule has 0 bridgehead atoms. The van der Waals surface area contributed by atoms with Gasteiger partial charge < -0.3 is 29.6 Å². The molecular formula is C14H28N2O6. The van der Waals surface area contributed by atoms with Crippen LogP contribution in [-0.4, -0.2) is 78.3 Å². The molecule has 0 radical (unpaired) electrons. The summed E-state index contributed by atoms with van der Waals surface area (Å²) >= 11 is 0. The molecule has 0 saturated carbocycles. The van der Waals surface area contributed by atoms with Crippen molar-refractivity contribution >= 4 is 11.8 Å². The zero-order chi connectivity index (χ0) is 16.5. The SMILES string of the molecule is CNC(=O)CCOCCOCCOCCOCCNC(C)=O. The van der Waals surface area contributed by atoms with Gasteiger partial charge in [0.05, 0.1) is 52.9 Å². The lowest BCUT2D eigenvalue weighted by Gasteiger charge is -2.07. The summed E-state index contributed by atoms with van der Waals surface area (Å²) in [7, 11) is 1.60. The lowest BCUT2D eigenvalue weighted by atomic mass is 10.4. The van der Waals surface area contributed by atoms with Gasteiger partial charge in [0.25, 0.3) is 0 Å². The van der Waals surface area contributed by atoms with Crippen LogP contribution in [0.5, 0.6) is 0 Å². The third-order valence-corrected chi connectivity index (χ3v) is 2.49. The van der Waals surface area contributed by atoms with Crippen molar-refractivity contribution in [3.63, 3.8) is 0 Å². The Morgan fingerprint density at radius 2 is 1.23 bits per heavy atom. The number of ether oxygens (including phenoxy) is 4. The van der Waals surface area contributed by atoms with Crippen LogP contribution in [0, 0.1) is 0 Å². The minimum atomic E-state index is -0.0605. The van der Waals surface area contributed by atoms with Crippen LogP contribution in [0.15, 0.2) is 0 Å². The van der Waals surface area contributed by atoms with Gasteiger partial charge in [-0.1, -0.05) is 0 Å². The van der Waals surface area contributed by atoms with E-state index in [-0.39, 0.29) is 11.8 Å². The molecule has 8 nitrogen and oxygen atoms in total. The molecule has 0 aliphatic carbocycles. The molecule has 0 saturated heterocycles. The van der Waals surface area contributed by atoms with Crippen molar-refractivity contribution in [1.29, 1.82) is 0 Å². The smallest absolute Gasteiger partial charge is 0.222 e. The van der Waals surface area contributed by atoms with Crippen LogP contribution >= 0.6 is 0 Å². The molecule has 22 heavy (non-hydrogen) atoms. The molecule has 0 aliphatic rings. The van der Waals surface area contributed by atoms with Gasteiger partial charge >= 0.3 is 0 Å². The van der Waals surface area contributed by atoms with E-state index in [1.54, 1.807) is 7.05 Å². The minimum absolute atomic E-state index is 0.0337. The fraction of sp³-hybridized carbons (Fsp3) is 0.857. The molecular weight excluding hydrogens is 292 g/mol. The largest absolute Gasteiger partial charge is 0.379 e. The molecule has 8 heteroatoms. The standard InChI is InChI=1S/C14H28N2O6/c1-13(17)16-4-6-20-8-10-22-12-11-21-9-7-19-5-3-14(18)15-2/h3-12H2,1-2H3,(H,15,18)(H,16,17). The van der Waals surface area contributed by atoms with E-state index in [9.17, 15) is 9.59 Å². The summed E-state index contributed by atoms with van der Waals surface area (Å²) in [5.41, 5.74) is 0. The summed E-state index contributed by atoms with van der Waals surface area (Å²) in [6, 6.07) is 0. The van der Waals surface area contributed by atoms with E-state index >= 15 is 0 Å². The highest BCUT2D eigenvalue weighted by atomic mass is 16.6. The molecule has 0 unspecified atom stereocenters. The topological polar surface area (TPSA) is 95.1 Å². The van der Waals surface area contributed by atoms with E-state index in [0.29, 0.717) is 65.8 Å². The number of amides is 2. The molecule has 0 aromatic carbocycles. The lowest BCUT2D eigenvalue weighted by molar-refractivity contribution is -0.122. The van der Waals surface area contributed by atoms with Crippen LogP contribution in [0.1, 0.15) is 13.3 Å². The van der Waals surface area contributed by atoms with Crippen LogP contribution in [0.2, 0.25) is 0 Å². The molecule has 0 heterocycles. The predicted octanol–water partition coefficient (Wildman–Crippen LogP) is -0.675. The highest BCUT2D eigenvalue weighted by Gasteiger charge is 1.97. The van der Waals surface area contributed by atoms with Gasteiger partial charge in [-0.05, 0) is 0 Å². The Balaban J connectivity index is 3.02. The average molecular weight is 320 g/mol. The van der Waals surface area contributed by atoms with E-state index in [2.05, 4.69) is 10.6 Å². The number of nitrogens with one attached hydrogen (secondary N) is 2.